The Labute approximate surface area is 187 Å². The van der Waals surface area contributed by atoms with Crippen LogP contribution in [0.5, 0.6) is 5.75 Å². The molecule has 2 N–H and O–H groups in total. The fraction of sp³-hybridized carbons (Fsp3) is 0.478. The van der Waals surface area contributed by atoms with Gasteiger partial charge in [0, 0.05) is 25.5 Å². The van der Waals surface area contributed by atoms with Crippen LogP contribution in [-0.2, 0) is 11.2 Å². The van der Waals surface area contributed by atoms with Gasteiger partial charge in [-0.2, -0.15) is 0 Å². The van der Waals surface area contributed by atoms with Crippen LogP contribution in [0.3, 0.4) is 0 Å². The molecular weight excluding hydrogens is 415 g/mol. The Balaban J connectivity index is 1.61. The number of carbonyl (C=O) groups excluding carboxylic acids is 1. The minimum atomic E-state index is -0.362. The van der Waals surface area contributed by atoms with Crippen molar-refractivity contribution in [1.29, 1.82) is 0 Å². The maximum absolute atomic E-state index is 14.5. The maximum Gasteiger partial charge on any atom is 0.243 e. The van der Waals surface area contributed by atoms with Crippen molar-refractivity contribution in [2.45, 2.75) is 32.2 Å². The van der Waals surface area contributed by atoms with E-state index in [-0.39, 0.29) is 24.3 Å². The monoisotopic (exact) mass is 446 g/mol. The summed E-state index contributed by atoms with van der Waals surface area (Å²) in [6.45, 7) is 3.23. The molecule has 0 radical (unpaired) electrons. The zero-order valence-corrected chi connectivity index (χ0v) is 19.2. The van der Waals surface area contributed by atoms with E-state index in [1.165, 1.54) is 28.7 Å². The summed E-state index contributed by atoms with van der Waals surface area (Å²) in [6, 6.07) is 8.95. The maximum atomic E-state index is 14.5. The molecule has 2 aromatic rings. The summed E-state index contributed by atoms with van der Waals surface area (Å²) < 4.78 is 20.1. The third-order valence-electron chi connectivity index (χ3n) is 5.10. The molecule has 31 heavy (non-hydrogen) atoms. The topological polar surface area (TPSA) is 66.0 Å². The molecule has 0 aliphatic heterocycles. The van der Waals surface area contributed by atoms with Crippen LogP contribution in [0.15, 0.2) is 40.7 Å². The molecule has 3 rings (SSSR count). The highest BCUT2D eigenvalue weighted by Gasteiger charge is 2.22. The van der Waals surface area contributed by atoms with Gasteiger partial charge in [-0.05, 0) is 61.2 Å². The first-order valence-corrected chi connectivity index (χ1v) is 11.5. The van der Waals surface area contributed by atoms with Crippen molar-refractivity contribution in [2.24, 2.45) is 10.9 Å². The fourth-order valence-electron chi connectivity index (χ4n) is 2.88. The molecule has 0 spiro atoms. The van der Waals surface area contributed by atoms with Crippen molar-refractivity contribution in [3.8, 4) is 5.75 Å². The molecule has 1 atom stereocenters. The number of hydrogen-bond donors (Lipinski definition) is 2. The van der Waals surface area contributed by atoms with Crippen LogP contribution in [0.25, 0.3) is 0 Å². The molecule has 0 saturated heterocycles. The molecule has 1 fully saturated rings. The van der Waals surface area contributed by atoms with E-state index in [1.807, 2.05) is 24.4 Å². The van der Waals surface area contributed by atoms with Gasteiger partial charge in [0.05, 0.1) is 12.6 Å². The summed E-state index contributed by atoms with van der Waals surface area (Å²) >= 11 is 1.71. The van der Waals surface area contributed by atoms with Gasteiger partial charge in [0.1, 0.15) is 6.54 Å². The molecular formula is C23H31FN4O2S. The number of rotatable bonds is 10. The lowest BCUT2D eigenvalue weighted by Crippen LogP contribution is -2.40. The number of halogens is 1. The Kier molecular flexibility index (Phi) is 8.28. The third-order valence-corrected chi connectivity index (χ3v) is 6.03. The summed E-state index contributed by atoms with van der Waals surface area (Å²) in [5, 5.41) is 8.60. The second-order valence-corrected chi connectivity index (χ2v) is 9.05. The first-order chi connectivity index (χ1) is 14.9. The zero-order chi connectivity index (χ0) is 22.2. The molecule has 1 unspecified atom stereocenters. The van der Waals surface area contributed by atoms with Gasteiger partial charge in [-0.15, -0.1) is 11.3 Å². The van der Waals surface area contributed by atoms with Crippen LogP contribution in [0.4, 0.5) is 4.39 Å². The lowest BCUT2D eigenvalue weighted by Gasteiger charge is -2.19. The average molecular weight is 447 g/mol. The van der Waals surface area contributed by atoms with Crippen molar-refractivity contribution < 1.29 is 13.9 Å². The summed E-state index contributed by atoms with van der Waals surface area (Å²) in [6.07, 6.45) is 3.19. The van der Waals surface area contributed by atoms with Crippen LogP contribution in [0.1, 0.15) is 36.2 Å². The number of ether oxygens (including phenoxy) is 1. The number of carbonyl (C=O) groups is 1. The summed E-state index contributed by atoms with van der Waals surface area (Å²) in [7, 11) is 3.40. The highest BCUT2D eigenvalue weighted by atomic mass is 32.1. The lowest BCUT2D eigenvalue weighted by molar-refractivity contribution is -0.127. The number of hydrogen-bond acceptors (Lipinski definition) is 4. The number of nitrogens with one attached hydrogen (secondary N) is 2. The van der Waals surface area contributed by atoms with E-state index in [0.717, 1.165) is 12.0 Å². The van der Waals surface area contributed by atoms with Gasteiger partial charge in [-0.1, -0.05) is 12.1 Å². The minimum absolute atomic E-state index is 0.0381. The Morgan fingerprint density at radius 1 is 1.35 bits per heavy atom. The molecule has 0 bridgehead atoms. The fourth-order valence-corrected chi connectivity index (χ4v) is 3.59. The predicted molar refractivity (Wildman–Crippen MR) is 123 cm³/mol. The van der Waals surface area contributed by atoms with Gasteiger partial charge in [0.15, 0.2) is 17.5 Å². The second-order valence-electron chi connectivity index (χ2n) is 8.02. The largest absolute Gasteiger partial charge is 0.490 e. The number of benzene rings is 1. The van der Waals surface area contributed by atoms with E-state index in [2.05, 4.69) is 21.7 Å². The molecule has 1 aromatic heterocycles. The molecule has 1 heterocycles. The van der Waals surface area contributed by atoms with Crippen LogP contribution < -0.4 is 15.4 Å². The SMILES string of the molecule is CC(NC(=NCC(=O)N(C)C)NCCc1cccs1)c1ccc(OCC2CC2)c(F)c1. The van der Waals surface area contributed by atoms with Gasteiger partial charge in [-0.3, -0.25) is 4.79 Å². The van der Waals surface area contributed by atoms with Crippen LogP contribution >= 0.6 is 11.3 Å². The van der Waals surface area contributed by atoms with Gasteiger partial charge in [0.2, 0.25) is 5.91 Å². The van der Waals surface area contributed by atoms with Crippen molar-refractivity contribution in [2.75, 3.05) is 33.8 Å². The zero-order valence-electron chi connectivity index (χ0n) is 18.4. The van der Waals surface area contributed by atoms with Crippen molar-refractivity contribution in [1.82, 2.24) is 15.5 Å². The summed E-state index contributed by atoms with van der Waals surface area (Å²) in [5.74, 6) is 0.939. The highest BCUT2D eigenvalue weighted by molar-refractivity contribution is 7.09. The summed E-state index contributed by atoms with van der Waals surface area (Å²) in [4.78, 5) is 19.2. The lowest BCUT2D eigenvalue weighted by atomic mass is 10.1. The molecule has 1 amide bonds. The Bertz CT molecular complexity index is 882. The molecule has 1 saturated carbocycles. The third kappa shape index (κ3) is 7.54. The number of likely N-dealkylation sites (N-methyl/N-ethyl adjacent to an activating group) is 1. The molecule has 1 aliphatic carbocycles. The highest BCUT2D eigenvalue weighted by Crippen LogP contribution is 2.30. The summed E-state index contributed by atoms with van der Waals surface area (Å²) in [5.41, 5.74) is 0.781. The van der Waals surface area contributed by atoms with E-state index in [9.17, 15) is 9.18 Å². The van der Waals surface area contributed by atoms with Crippen LogP contribution in [-0.4, -0.2) is 50.6 Å². The number of aliphatic imine (C=N–C) groups is 1. The predicted octanol–water partition coefficient (Wildman–Crippen LogP) is 3.60. The standard InChI is InChI=1S/C23H31FN4O2S/c1-16(18-8-9-21(20(24)13-18)30-15-17-6-7-17)27-23(26-14-22(29)28(2)3)25-11-10-19-5-4-12-31-19/h4-5,8-9,12-13,16-17H,6-7,10-11,14-15H2,1-3H3,(H2,25,26,27). The van der Waals surface area contributed by atoms with Crippen molar-refractivity contribution >= 4 is 23.2 Å². The van der Waals surface area contributed by atoms with E-state index in [4.69, 9.17) is 4.74 Å². The Hall–Kier alpha value is -2.61. The number of guanidine groups is 1. The molecule has 1 aromatic carbocycles. The van der Waals surface area contributed by atoms with E-state index >= 15 is 0 Å². The second kappa shape index (κ2) is 11.1. The van der Waals surface area contributed by atoms with Gasteiger partial charge in [0.25, 0.3) is 0 Å². The number of amides is 1. The first kappa shape index (κ1) is 23.1. The van der Waals surface area contributed by atoms with Gasteiger partial charge >= 0.3 is 0 Å². The van der Waals surface area contributed by atoms with E-state index < -0.39 is 0 Å². The number of nitrogens with zero attached hydrogens (tertiary/aromatic N) is 2. The van der Waals surface area contributed by atoms with E-state index in [0.29, 0.717) is 30.8 Å². The first-order valence-electron chi connectivity index (χ1n) is 10.6. The minimum Gasteiger partial charge on any atom is -0.490 e. The van der Waals surface area contributed by atoms with Crippen molar-refractivity contribution in [3.05, 3.63) is 52.0 Å². The van der Waals surface area contributed by atoms with Gasteiger partial charge in [-0.25, -0.2) is 9.38 Å². The number of thiophene rings is 1. The quantitative estimate of drug-likeness (QED) is 0.432. The van der Waals surface area contributed by atoms with Crippen LogP contribution in [0, 0.1) is 11.7 Å². The van der Waals surface area contributed by atoms with Gasteiger partial charge < -0.3 is 20.3 Å². The molecule has 6 nitrogen and oxygen atoms in total. The average Bonchev–Trinajstić information content (AvgIpc) is 3.43. The Morgan fingerprint density at radius 3 is 2.81 bits per heavy atom. The molecule has 168 valence electrons. The smallest absolute Gasteiger partial charge is 0.243 e. The van der Waals surface area contributed by atoms with Crippen molar-refractivity contribution in [3.63, 3.8) is 0 Å². The van der Waals surface area contributed by atoms with E-state index in [1.54, 1.807) is 31.5 Å². The van der Waals surface area contributed by atoms with Crippen LogP contribution in [0.2, 0.25) is 0 Å². The normalized spacial score (nSPS) is 14.8. The molecule has 1 aliphatic rings. The molecule has 8 heteroatoms. The Morgan fingerprint density at radius 2 is 2.16 bits per heavy atom.